The lowest BCUT2D eigenvalue weighted by molar-refractivity contribution is 0.0772. The van der Waals surface area contributed by atoms with Gasteiger partial charge < -0.3 is 19.5 Å². The third-order valence-corrected chi connectivity index (χ3v) is 4.55. The number of benzene rings is 1. The van der Waals surface area contributed by atoms with Crippen LogP contribution in [-0.2, 0) is 17.8 Å². The minimum Gasteiger partial charge on any atom is -0.376 e. The molecule has 0 aliphatic carbocycles. The summed E-state index contributed by atoms with van der Waals surface area (Å²) in [5, 5.41) is 3.07. The summed E-state index contributed by atoms with van der Waals surface area (Å²) in [4.78, 5) is 19.2. The molecule has 6 nitrogen and oxygen atoms in total. The highest BCUT2D eigenvalue weighted by atomic mass is 16.5. The molecule has 1 unspecified atom stereocenters. The summed E-state index contributed by atoms with van der Waals surface area (Å²) in [7, 11) is 0. The van der Waals surface area contributed by atoms with Gasteiger partial charge >= 0.3 is 6.03 Å². The fourth-order valence-corrected chi connectivity index (χ4v) is 3.24. The third-order valence-electron chi connectivity index (χ3n) is 4.55. The number of ether oxygens (including phenoxy) is 1. The normalized spacial score (nSPS) is 17.1. The van der Waals surface area contributed by atoms with Crippen molar-refractivity contribution in [3.63, 3.8) is 0 Å². The van der Waals surface area contributed by atoms with Crippen LogP contribution in [0.3, 0.4) is 0 Å². The van der Waals surface area contributed by atoms with Gasteiger partial charge in [0.1, 0.15) is 5.82 Å². The lowest BCUT2D eigenvalue weighted by Crippen LogP contribution is -2.50. The van der Waals surface area contributed by atoms with E-state index in [0.717, 1.165) is 31.8 Å². The number of carbonyl (C=O) groups excluding carboxylic acids is 1. The maximum atomic E-state index is 12.9. The largest absolute Gasteiger partial charge is 0.376 e. The van der Waals surface area contributed by atoms with E-state index in [-0.39, 0.29) is 17.7 Å². The molecule has 2 amide bonds. The van der Waals surface area contributed by atoms with E-state index in [4.69, 9.17) is 4.74 Å². The molecule has 146 valence electrons. The summed E-state index contributed by atoms with van der Waals surface area (Å²) in [5.74, 6) is 0.876. The van der Waals surface area contributed by atoms with Crippen molar-refractivity contribution >= 4 is 6.03 Å². The summed E-state index contributed by atoms with van der Waals surface area (Å²) < 4.78 is 7.86. The summed E-state index contributed by atoms with van der Waals surface area (Å²) in [6, 6.07) is 10.2. The predicted octanol–water partition coefficient (Wildman–Crippen LogP) is 3.42. The van der Waals surface area contributed by atoms with Crippen molar-refractivity contribution in [2.45, 2.75) is 58.3 Å². The van der Waals surface area contributed by atoms with Crippen LogP contribution in [-0.4, -0.2) is 45.3 Å². The van der Waals surface area contributed by atoms with Gasteiger partial charge in [0.05, 0.1) is 12.6 Å². The molecule has 1 aliphatic heterocycles. The van der Waals surface area contributed by atoms with E-state index in [9.17, 15) is 4.79 Å². The zero-order valence-corrected chi connectivity index (χ0v) is 16.5. The van der Waals surface area contributed by atoms with Crippen molar-refractivity contribution in [1.82, 2.24) is 19.8 Å². The molecule has 27 heavy (non-hydrogen) atoms. The second-order valence-corrected chi connectivity index (χ2v) is 8.15. The number of rotatable bonds is 6. The molecule has 1 atom stereocenters. The molecule has 2 aromatic rings. The van der Waals surface area contributed by atoms with Crippen molar-refractivity contribution < 1.29 is 9.53 Å². The first-order chi connectivity index (χ1) is 12.9. The maximum Gasteiger partial charge on any atom is 0.318 e. The molecule has 0 spiro atoms. The molecule has 1 fully saturated rings. The highest BCUT2D eigenvalue weighted by Gasteiger charge is 2.26. The number of hydrogen-bond acceptors (Lipinski definition) is 3. The van der Waals surface area contributed by atoms with Crippen LogP contribution >= 0.6 is 0 Å². The second kappa shape index (κ2) is 8.57. The Labute approximate surface area is 161 Å². The van der Waals surface area contributed by atoms with Gasteiger partial charge in [0.2, 0.25) is 0 Å². The van der Waals surface area contributed by atoms with Crippen LogP contribution in [0.2, 0.25) is 0 Å². The Morgan fingerprint density at radius 1 is 1.33 bits per heavy atom. The van der Waals surface area contributed by atoms with Gasteiger partial charge in [-0.25, -0.2) is 9.78 Å². The Bertz CT molecular complexity index is 730. The summed E-state index contributed by atoms with van der Waals surface area (Å²) >= 11 is 0. The van der Waals surface area contributed by atoms with Crippen molar-refractivity contribution in [2.75, 3.05) is 13.2 Å². The Kier molecular flexibility index (Phi) is 6.16. The molecular formula is C21H30N4O2. The van der Waals surface area contributed by atoms with E-state index in [1.54, 1.807) is 6.20 Å². The minimum atomic E-state index is -0.286. The number of aromatic nitrogens is 2. The van der Waals surface area contributed by atoms with Crippen molar-refractivity contribution in [3.8, 4) is 0 Å². The van der Waals surface area contributed by atoms with Crippen LogP contribution in [0, 0.1) is 0 Å². The summed E-state index contributed by atoms with van der Waals surface area (Å²) in [6.07, 6.45) is 5.92. The molecule has 6 heteroatoms. The van der Waals surface area contributed by atoms with Crippen LogP contribution in [0.1, 0.15) is 45.0 Å². The third kappa shape index (κ3) is 5.82. The van der Waals surface area contributed by atoms with Gasteiger partial charge in [-0.2, -0.15) is 0 Å². The van der Waals surface area contributed by atoms with Gasteiger partial charge in [0.15, 0.2) is 0 Å². The molecule has 0 radical (unpaired) electrons. The monoisotopic (exact) mass is 370 g/mol. The van der Waals surface area contributed by atoms with Crippen LogP contribution in [0.25, 0.3) is 0 Å². The topological polar surface area (TPSA) is 59.4 Å². The highest BCUT2D eigenvalue weighted by molar-refractivity contribution is 5.74. The molecule has 1 aliphatic rings. The van der Waals surface area contributed by atoms with E-state index in [2.05, 4.69) is 27.0 Å². The van der Waals surface area contributed by atoms with E-state index >= 15 is 0 Å². The SMILES string of the molecule is CC(C)(C)NC(=O)N(Cc1nccn1Cc1ccccc1)CC1CCCO1. The highest BCUT2D eigenvalue weighted by Crippen LogP contribution is 2.16. The van der Waals surface area contributed by atoms with Gasteiger partial charge in [-0.3, -0.25) is 0 Å². The average molecular weight is 370 g/mol. The van der Waals surface area contributed by atoms with Crippen molar-refractivity contribution in [1.29, 1.82) is 0 Å². The fourth-order valence-electron chi connectivity index (χ4n) is 3.24. The first-order valence-corrected chi connectivity index (χ1v) is 9.63. The Morgan fingerprint density at radius 2 is 2.11 bits per heavy atom. The van der Waals surface area contributed by atoms with Crippen LogP contribution in [0.4, 0.5) is 4.79 Å². The zero-order valence-electron chi connectivity index (χ0n) is 16.5. The molecule has 1 aromatic heterocycles. The molecule has 1 saturated heterocycles. The molecule has 1 N–H and O–H groups in total. The summed E-state index contributed by atoms with van der Waals surface area (Å²) in [6.45, 7) is 8.54. The Hall–Kier alpha value is -2.34. The van der Waals surface area contributed by atoms with Gasteiger partial charge in [-0.05, 0) is 39.2 Å². The quantitative estimate of drug-likeness (QED) is 0.848. The number of nitrogens with one attached hydrogen (secondary N) is 1. The second-order valence-electron chi connectivity index (χ2n) is 8.15. The van der Waals surface area contributed by atoms with Crippen LogP contribution in [0.5, 0.6) is 0 Å². The number of urea groups is 1. The van der Waals surface area contributed by atoms with Crippen molar-refractivity contribution in [2.24, 2.45) is 0 Å². The van der Waals surface area contributed by atoms with E-state index < -0.39 is 0 Å². The summed E-state index contributed by atoms with van der Waals surface area (Å²) in [5.41, 5.74) is 0.923. The number of imidazole rings is 1. The lowest BCUT2D eigenvalue weighted by atomic mass is 10.1. The number of nitrogens with zero attached hydrogens (tertiary/aromatic N) is 3. The molecule has 1 aromatic carbocycles. The Balaban J connectivity index is 1.73. The minimum absolute atomic E-state index is 0.0766. The Morgan fingerprint density at radius 3 is 2.78 bits per heavy atom. The van der Waals surface area contributed by atoms with Crippen LogP contribution < -0.4 is 5.32 Å². The van der Waals surface area contributed by atoms with Gasteiger partial charge in [0, 0.05) is 37.6 Å². The van der Waals surface area contributed by atoms with Gasteiger partial charge in [-0.1, -0.05) is 30.3 Å². The zero-order chi connectivity index (χ0) is 19.3. The van der Waals surface area contributed by atoms with Gasteiger partial charge in [-0.15, -0.1) is 0 Å². The molecular weight excluding hydrogens is 340 g/mol. The standard InChI is InChI=1S/C21H30N4O2/c1-21(2,3)23-20(26)25(15-18-10-7-13-27-18)16-19-22-11-12-24(19)14-17-8-5-4-6-9-17/h4-6,8-9,11-12,18H,7,10,13-16H2,1-3H3,(H,23,26). The number of amides is 2. The van der Waals surface area contributed by atoms with Crippen molar-refractivity contribution in [3.05, 3.63) is 54.1 Å². The lowest BCUT2D eigenvalue weighted by Gasteiger charge is -2.30. The van der Waals surface area contributed by atoms with E-state index in [0.29, 0.717) is 13.1 Å². The molecule has 0 bridgehead atoms. The smallest absolute Gasteiger partial charge is 0.318 e. The molecule has 3 rings (SSSR count). The molecule has 0 saturated carbocycles. The van der Waals surface area contributed by atoms with Gasteiger partial charge in [0.25, 0.3) is 0 Å². The van der Waals surface area contributed by atoms with Crippen LogP contribution in [0.15, 0.2) is 42.7 Å². The maximum absolute atomic E-state index is 12.9. The molecule has 2 heterocycles. The fraction of sp³-hybridized carbons (Fsp3) is 0.524. The first-order valence-electron chi connectivity index (χ1n) is 9.63. The van der Waals surface area contributed by atoms with E-state index in [1.807, 2.05) is 50.1 Å². The number of carbonyl (C=O) groups is 1. The average Bonchev–Trinajstić information content (AvgIpc) is 3.26. The van der Waals surface area contributed by atoms with E-state index in [1.165, 1.54) is 5.56 Å². The number of hydrogen-bond donors (Lipinski definition) is 1. The predicted molar refractivity (Wildman–Crippen MR) is 105 cm³/mol. The first kappa shape index (κ1) is 19.4.